The largest absolute Gasteiger partial charge is 0.472 e. The Hall–Kier alpha value is -8.16. The van der Waals surface area contributed by atoms with Gasteiger partial charge < -0.3 is 13.8 Å². The molecule has 0 saturated heterocycles. The number of H-pyrrole nitrogens is 2. The summed E-state index contributed by atoms with van der Waals surface area (Å²) in [5, 5.41) is 23.0. The third-order valence-corrected chi connectivity index (χ3v) is 19.6. The second kappa shape index (κ2) is 58.9. The molecule has 0 saturated carbocycles. The first kappa shape index (κ1) is 96.9. The normalized spacial score (nSPS) is 11.4. The summed E-state index contributed by atoms with van der Waals surface area (Å²) >= 11 is 7.04. The molecule has 1 aliphatic heterocycles. The molecule has 11 aromatic rings. The highest BCUT2D eigenvalue weighted by Crippen LogP contribution is 2.23. The maximum absolute atomic E-state index is 5.09. The van der Waals surface area contributed by atoms with Crippen LogP contribution >= 0.6 is 45.3 Å². The number of thiophene rings is 2. The van der Waals surface area contributed by atoms with Gasteiger partial charge in [-0.2, -0.15) is 16.6 Å². The summed E-state index contributed by atoms with van der Waals surface area (Å²) in [6.07, 6.45) is 34.4. The van der Waals surface area contributed by atoms with E-state index in [-0.39, 0.29) is 0 Å². The number of hydrogen-bond acceptors (Lipinski definition) is 16. The molecule has 584 valence electrons. The first-order chi connectivity index (χ1) is 51.0. The Kier molecular flexibility index (Phi) is 53.3. The number of tetrazole rings is 1. The lowest BCUT2D eigenvalue weighted by Crippen LogP contribution is -1.89. The fourth-order valence-electron chi connectivity index (χ4n) is 8.29. The van der Waals surface area contributed by atoms with E-state index >= 15 is 0 Å². The molecular weight excluding hydrogens is 1400 g/mol. The summed E-state index contributed by atoms with van der Waals surface area (Å²) in [6, 6.07) is 26.5. The first-order valence-corrected chi connectivity index (χ1v) is 41.4. The van der Waals surface area contributed by atoms with Crippen molar-refractivity contribution in [3.8, 4) is 0 Å². The van der Waals surface area contributed by atoms with Gasteiger partial charge in [-0.05, 0) is 170 Å². The summed E-state index contributed by atoms with van der Waals surface area (Å²) in [6.45, 7) is 56.1. The molecule has 0 aromatic carbocycles. The van der Waals surface area contributed by atoms with Gasteiger partial charge in [0, 0.05) is 113 Å². The van der Waals surface area contributed by atoms with Crippen molar-refractivity contribution in [2.24, 2.45) is 16.8 Å². The number of imidazole rings is 1. The summed E-state index contributed by atoms with van der Waals surface area (Å²) in [5.74, 6) is 9.69. The molecule has 2 aliphatic rings. The van der Waals surface area contributed by atoms with Crippen LogP contribution in [-0.2, 0) is 0 Å². The second-order valence-corrected chi connectivity index (χ2v) is 32.7. The number of allylic oxidation sites excluding steroid dienone is 5. The zero-order valence-electron chi connectivity index (χ0n) is 69.5. The van der Waals surface area contributed by atoms with Crippen LogP contribution in [0.1, 0.15) is 318 Å². The molecule has 18 heteroatoms. The van der Waals surface area contributed by atoms with Crippen LogP contribution in [0, 0.1) is 11.8 Å². The Morgan fingerprint density at radius 1 is 0.439 bits per heavy atom. The number of nitrogens with zero attached hydrogens (tertiary/aromatic N) is 10. The monoisotopic (exact) mass is 1530 g/mol. The predicted molar refractivity (Wildman–Crippen MR) is 463 cm³/mol. The molecule has 0 spiro atoms. The molecule has 0 fully saturated rings. The molecule has 0 unspecified atom stereocenters. The summed E-state index contributed by atoms with van der Waals surface area (Å²) < 4.78 is 9.97. The van der Waals surface area contributed by atoms with Gasteiger partial charge in [0.2, 0.25) is 0 Å². The fourth-order valence-corrected chi connectivity index (χ4v) is 11.2. The average Bonchev–Trinajstić information content (AvgIpc) is 1.88. The van der Waals surface area contributed by atoms with Crippen LogP contribution in [0.5, 0.6) is 0 Å². The van der Waals surface area contributed by atoms with Crippen LogP contribution in [0.15, 0.2) is 230 Å². The minimum Gasteiger partial charge on any atom is -0.472 e. The minimum atomic E-state index is 0.369. The molecule has 12 heterocycles. The van der Waals surface area contributed by atoms with Gasteiger partial charge in [0.1, 0.15) is 5.76 Å². The summed E-state index contributed by atoms with van der Waals surface area (Å²) in [4.78, 5) is 34.0. The molecule has 107 heavy (non-hydrogen) atoms. The topological polar surface area (TPSA) is 186 Å². The highest BCUT2D eigenvalue weighted by Gasteiger charge is 2.06. The summed E-state index contributed by atoms with van der Waals surface area (Å²) in [7, 11) is 0. The van der Waals surface area contributed by atoms with Crippen LogP contribution < -0.4 is 0 Å². The van der Waals surface area contributed by atoms with Gasteiger partial charge in [-0.25, -0.2) is 9.97 Å². The van der Waals surface area contributed by atoms with Crippen molar-refractivity contribution in [3.63, 3.8) is 0 Å². The van der Waals surface area contributed by atoms with Gasteiger partial charge in [-0.3, -0.25) is 24.9 Å². The summed E-state index contributed by atoms with van der Waals surface area (Å²) in [5.41, 5.74) is 12.6. The number of aromatic amines is 2. The number of pyridine rings is 3. The van der Waals surface area contributed by atoms with E-state index in [1.54, 1.807) is 70.9 Å². The molecule has 2 N–H and O–H groups in total. The molecule has 0 atom stereocenters. The van der Waals surface area contributed by atoms with Gasteiger partial charge in [0.15, 0.2) is 5.82 Å². The number of aromatic nitrogens is 11. The van der Waals surface area contributed by atoms with Crippen LogP contribution in [-0.4, -0.2) is 61.7 Å². The maximum atomic E-state index is 5.09. The van der Waals surface area contributed by atoms with E-state index in [4.69, 9.17) is 8.83 Å². The van der Waals surface area contributed by atoms with Gasteiger partial charge in [0.05, 0.1) is 35.6 Å². The Labute approximate surface area is 662 Å². The molecule has 11 aromatic heterocycles. The third kappa shape index (κ3) is 47.3. The number of thiazole rings is 2. The minimum absolute atomic E-state index is 0.369. The smallest absolute Gasteiger partial charge is 0.177 e. The van der Waals surface area contributed by atoms with Crippen molar-refractivity contribution in [2.45, 2.75) is 258 Å². The van der Waals surface area contributed by atoms with E-state index in [1.165, 1.54) is 54.7 Å². The van der Waals surface area contributed by atoms with E-state index in [9.17, 15) is 0 Å². The third-order valence-electron chi connectivity index (χ3n) is 15.6. The number of hydrogen-bond donors (Lipinski definition) is 2. The Morgan fingerprint density at radius 3 is 1.40 bits per heavy atom. The zero-order chi connectivity index (χ0) is 79.9. The lowest BCUT2D eigenvalue weighted by Gasteiger charge is -2.02. The van der Waals surface area contributed by atoms with Gasteiger partial charge >= 0.3 is 0 Å². The highest BCUT2D eigenvalue weighted by molar-refractivity contribution is 7.10. The average molecular weight is 1530 g/mol. The molecule has 14 nitrogen and oxygen atoms in total. The van der Waals surface area contributed by atoms with Crippen LogP contribution in [0.25, 0.3) is 0 Å². The van der Waals surface area contributed by atoms with Gasteiger partial charge in [-0.1, -0.05) is 227 Å². The molecule has 0 bridgehead atoms. The van der Waals surface area contributed by atoms with E-state index in [0.717, 1.165) is 29.6 Å². The standard InChI is InChI=1S/3C8H11N.C8H12.C7H11N.2C7H10O.2C7H10S.C6H10N2.2C6H9NS.C4H8N4/c1-7(2)8-3-5-9-6-4-8;1-7(2)8-4-3-5-9-6-8;1-7(2)8-5-3-4-6-9-8;1-7(2)8-5-3-4-6-8;2*1-6(2)7-3-4-8-5-7;1-6(2)7-4-3-5-8-7;1-6(2)7-3-4-8-5-7;1-6(2)7-4-3-5-8-7;2*1-5(2)6-3-7-4-8-6;1-5(2)6-7-3-4-8-6;1-3(2)4-5-7-8-6-4/h3*3-7H,1-2H3;3-5,7H,6H2,1-2H3;4-6H,3H2,1-2H3;4*3-6H,1-2H3;3-5H,1-2H3,(H,7,8);2*3-5H,1-2H3;3H,1-2H3,(H,5,6,7,8). The van der Waals surface area contributed by atoms with E-state index in [2.05, 4.69) is 285 Å². The molecular formula is C89H132N12O2S4. The van der Waals surface area contributed by atoms with E-state index in [0.29, 0.717) is 71.0 Å². The molecule has 1 aliphatic carbocycles. The Morgan fingerprint density at radius 2 is 1.13 bits per heavy atom. The quantitative estimate of drug-likeness (QED) is 0.112. The molecule has 0 amide bonds. The zero-order valence-corrected chi connectivity index (χ0v) is 72.8. The van der Waals surface area contributed by atoms with Crippen molar-refractivity contribution in [1.29, 1.82) is 0 Å². The van der Waals surface area contributed by atoms with E-state index in [1.807, 2.05) is 146 Å². The number of nitrogens with one attached hydrogen (secondary N) is 2. The fraction of sp³-hybridized carbons (Fsp3) is 0.461. The predicted octanol–water partition coefficient (Wildman–Crippen LogP) is 28.1. The van der Waals surface area contributed by atoms with E-state index < -0.39 is 0 Å². The lowest BCUT2D eigenvalue weighted by molar-refractivity contribution is 0.487. The SMILES string of the molecule is CC(C)C1=CC=CC1.CC(C)C1=CN=CC1.CC(C)c1ccccn1.CC(C)c1cccnc1.CC(C)c1ccco1.CC(C)c1cccs1.CC(C)c1ccncc1.CC(C)c1ccoc1.CC(C)c1ccsc1.CC(C)c1cnc[nH]1.CC(C)c1cncs1.CC(C)c1nccs1.CC(C)c1nn[nH]n1. The van der Waals surface area contributed by atoms with Crippen LogP contribution in [0.4, 0.5) is 0 Å². The number of furan rings is 2. The maximum Gasteiger partial charge on any atom is 0.177 e. The van der Waals surface area contributed by atoms with Crippen molar-refractivity contribution < 1.29 is 8.83 Å². The highest BCUT2D eigenvalue weighted by atomic mass is 32.1. The molecule has 0 radical (unpaired) electrons. The van der Waals surface area contributed by atoms with Crippen LogP contribution in [0.3, 0.4) is 0 Å². The Balaban J connectivity index is 0.000000580. The van der Waals surface area contributed by atoms with Crippen molar-refractivity contribution in [1.82, 2.24) is 55.5 Å². The van der Waals surface area contributed by atoms with Crippen molar-refractivity contribution in [3.05, 3.63) is 276 Å². The van der Waals surface area contributed by atoms with Crippen molar-refractivity contribution in [2.75, 3.05) is 0 Å². The Bertz CT molecular complexity index is 3180. The number of rotatable bonds is 13. The second-order valence-electron chi connectivity index (χ2n) is 29.1. The number of aliphatic imine (C=N–C) groups is 1. The van der Waals surface area contributed by atoms with Crippen LogP contribution in [0.2, 0.25) is 0 Å². The first-order valence-electron chi connectivity index (χ1n) is 37.8. The van der Waals surface area contributed by atoms with Gasteiger partial charge in [-0.15, -0.1) is 44.2 Å². The van der Waals surface area contributed by atoms with Crippen molar-refractivity contribution >= 4 is 51.6 Å². The molecule has 13 rings (SSSR count). The van der Waals surface area contributed by atoms with Gasteiger partial charge in [0.25, 0.3) is 0 Å². The lowest BCUT2D eigenvalue weighted by atomic mass is 10.0.